The summed E-state index contributed by atoms with van der Waals surface area (Å²) in [5, 5.41) is 61.6. The highest BCUT2D eigenvalue weighted by atomic mass is 16.8. The van der Waals surface area contributed by atoms with Crippen LogP contribution in [0.3, 0.4) is 0 Å². The van der Waals surface area contributed by atoms with Gasteiger partial charge in [0.05, 0.1) is 0 Å². The van der Waals surface area contributed by atoms with Gasteiger partial charge in [-0.15, -0.1) is 0 Å². The van der Waals surface area contributed by atoms with Gasteiger partial charge in [0, 0.05) is 62.3 Å². The van der Waals surface area contributed by atoms with Gasteiger partial charge in [-0.1, -0.05) is 0 Å². The molecule has 0 aliphatic carbocycles. The first kappa shape index (κ1) is 61.3. The molecule has 0 aromatic rings. The summed E-state index contributed by atoms with van der Waals surface area (Å²) >= 11 is 0. The Kier molecular flexibility index (Phi) is 21.0. The molecule has 76 heavy (non-hydrogen) atoms. The number of aliphatic hydroxyl groups excluding tert-OH is 1. The molecular formula is C42H56N4O30. The molecule has 34 heteroatoms. The van der Waals surface area contributed by atoms with Crippen molar-refractivity contribution < 1.29 is 145 Å². The van der Waals surface area contributed by atoms with E-state index < -0.39 is 200 Å². The predicted octanol–water partition coefficient (Wildman–Crippen LogP) is -5.95. The van der Waals surface area contributed by atoms with Crippen LogP contribution in [0.5, 0.6) is 0 Å². The molecule has 4 saturated heterocycles. The summed E-state index contributed by atoms with van der Waals surface area (Å²) in [5.41, 5.74) is 0. The molecule has 0 saturated carbocycles. The number of carbonyl (C=O) groups excluding carboxylic acids is 9. The Morgan fingerprint density at radius 1 is 0.316 bits per heavy atom. The number of hydrogen-bond donors (Lipinski definition) is 9. The highest BCUT2D eigenvalue weighted by Gasteiger charge is 2.62. The normalized spacial score (nSPS) is 35.0. The number of esters is 5. The van der Waals surface area contributed by atoms with Gasteiger partial charge in [0.25, 0.3) is 0 Å². The number of ether oxygens (including phenoxy) is 12. The maximum atomic E-state index is 13.3. The van der Waals surface area contributed by atoms with Gasteiger partial charge in [0.15, 0.2) is 80.1 Å². The van der Waals surface area contributed by atoms with Crippen LogP contribution in [0.4, 0.5) is 0 Å². The van der Waals surface area contributed by atoms with Crippen molar-refractivity contribution >= 4 is 77.4 Å². The predicted molar refractivity (Wildman–Crippen MR) is 230 cm³/mol. The van der Waals surface area contributed by atoms with Crippen molar-refractivity contribution in [2.75, 3.05) is 0 Å². The number of aliphatic carboxylic acids is 4. The second-order valence-corrected chi connectivity index (χ2v) is 17.2. The summed E-state index contributed by atoms with van der Waals surface area (Å²) < 4.78 is 67.1. The van der Waals surface area contributed by atoms with Gasteiger partial charge < -0.3 is 104 Å². The van der Waals surface area contributed by atoms with E-state index in [2.05, 4.69) is 21.3 Å². The summed E-state index contributed by atoms with van der Waals surface area (Å²) in [6, 6.07) is -7.91. The van der Waals surface area contributed by atoms with Gasteiger partial charge in [-0.05, 0) is 0 Å². The van der Waals surface area contributed by atoms with Crippen LogP contribution < -0.4 is 21.3 Å². The zero-order valence-electron chi connectivity index (χ0n) is 41.5. The Balaban J connectivity index is 1.91. The van der Waals surface area contributed by atoms with E-state index in [-0.39, 0.29) is 0 Å². The number of amides is 4. The van der Waals surface area contributed by atoms with Crippen molar-refractivity contribution in [1.29, 1.82) is 0 Å². The van der Waals surface area contributed by atoms with Gasteiger partial charge in [0.2, 0.25) is 23.6 Å². The summed E-state index contributed by atoms with van der Waals surface area (Å²) in [6.07, 6.45) is -36.7. The van der Waals surface area contributed by atoms with Crippen LogP contribution in [0.1, 0.15) is 62.3 Å². The standard InChI is InChI=1S/C42H56N4O30/c1-10(47)43-19-23(65-14(5)51)28(31(35(56)57)70-39(19)64)71-41-21(45-12(3)49)25(67-16(7)53)30(33(75-41)37(60)61)73-42-22(46-13(4)50)26(68-17(8)54)29(34(76-42)38(62)63)72-40-20(44-11(2)48)24(66-15(6)52)27(69-18(9)55)32(74-40)36(58)59/h19-34,39-42,64H,1-9H3,(H,43,47)(H,44,48)(H,45,49)(H,46,50)(H,56,57)(H,58,59)(H,60,61)(H,62,63)/t19-,20-,21-,22-,23-,24-,25-,26-,27-,28-,29-,30-,31+,32+,33+,34+,39+,40+,41+,42+/m1/s1. The Morgan fingerprint density at radius 2 is 0.526 bits per heavy atom. The van der Waals surface area contributed by atoms with Gasteiger partial charge in [0.1, 0.15) is 42.5 Å². The maximum Gasteiger partial charge on any atom is 0.337 e. The summed E-state index contributed by atoms with van der Waals surface area (Å²) in [5.74, 6) is -17.7. The third kappa shape index (κ3) is 15.4. The number of carbonyl (C=O) groups is 13. The minimum absolute atomic E-state index is 0.780. The highest BCUT2D eigenvalue weighted by molar-refractivity contribution is 5.79. The Bertz CT molecular complexity index is 2280. The van der Waals surface area contributed by atoms with Crippen LogP contribution in [0.15, 0.2) is 0 Å². The van der Waals surface area contributed by atoms with E-state index >= 15 is 0 Å². The first-order valence-electron chi connectivity index (χ1n) is 22.4. The number of rotatable bonds is 19. The molecule has 34 nitrogen and oxygen atoms in total. The number of carboxylic acids is 4. The SMILES string of the molecule is CC(=O)N[C@@H]1[C@@H](OC(C)=O)[C@@H](O[C@H]2O[C@H](C(=O)O)[C@H](O[C@H]3O[C@H](C(=O)O)[C@H](O[C@H]4O[C@H](C(=O)O)[C@H](OC(C)=O)[C@H](OC(C)=O)[C@H]4NC(C)=O)[C@H](OC(C)=O)[C@H]3NC(C)=O)[C@H](OC(C)=O)[C@H]2NC(C)=O)[C@@H](C(=O)O)O[C@@H]1O. The largest absolute Gasteiger partial charge is 0.479 e. The topological polar surface area (TPSA) is 482 Å². The van der Waals surface area contributed by atoms with Crippen molar-refractivity contribution in [3.8, 4) is 0 Å². The van der Waals surface area contributed by atoms with Crippen LogP contribution >= 0.6 is 0 Å². The van der Waals surface area contributed by atoms with Crippen molar-refractivity contribution in [2.24, 2.45) is 0 Å². The lowest BCUT2D eigenvalue weighted by Gasteiger charge is -2.51. The summed E-state index contributed by atoms with van der Waals surface area (Å²) in [7, 11) is 0. The second-order valence-electron chi connectivity index (χ2n) is 17.2. The van der Waals surface area contributed by atoms with E-state index in [1.54, 1.807) is 0 Å². The number of carboxylic acid groups (broad SMARTS) is 4. The lowest BCUT2D eigenvalue weighted by Crippen LogP contribution is -2.73. The van der Waals surface area contributed by atoms with Gasteiger partial charge in [-0.3, -0.25) is 43.2 Å². The van der Waals surface area contributed by atoms with Crippen molar-refractivity contribution in [2.45, 2.75) is 185 Å². The molecular weight excluding hydrogens is 1040 g/mol. The van der Waals surface area contributed by atoms with Crippen LogP contribution in [0.25, 0.3) is 0 Å². The molecule has 4 rings (SSSR count). The van der Waals surface area contributed by atoms with Crippen molar-refractivity contribution in [1.82, 2.24) is 21.3 Å². The third-order valence-electron chi connectivity index (χ3n) is 11.1. The minimum atomic E-state index is -2.59. The van der Waals surface area contributed by atoms with Crippen LogP contribution in [0, 0.1) is 0 Å². The molecule has 0 bridgehead atoms. The molecule has 4 aliphatic heterocycles. The second kappa shape index (κ2) is 26.0. The molecule has 0 aromatic carbocycles. The zero-order valence-corrected chi connectivity index (χ0v) is 41.5. The molecule has 4 aliphatic rings. The molecule has 20 atom stereocenters. The van der Waals surface area contributed by atoms with Gasteiger partial charge >= 0.3 is 53.7 Å². The number of nitrogens with one attached hydrogen (secondary N) is 4. The van der Waals surface area contributed by atoms with Gasteiger partial charge in [-0.2, -0.15) is 0 Å². The van der Waals surface area contributed by atoms with Crippen LogP contribution in [-0.2, 0) is 119 Å². The molecule has 9 N–H and O–H groups in total. The molecule has 4 amide bonds. The fraction of sp³-hybridized carbons (Fsp3) is 0.690. The Labute approximate surface area is 427 Å². The highest BCUT2D eigenvalue weighted by Crippen LogP contribution is 2.38. The molecule has 4 heterocycles. The Morgan fingerprint density at radius 3 is 0.776 bits per heavy atom. The molecule has 0 aromatic heterocycles. The average molecular weight is 1100 g/mol. The molecule has 0 spiro atoms. The van der Waals surface area contributed by atoms with Gasteiger partial charge in [-0.25, -0.2) is 19.2 Å². The number of aliphatic hydroxyl groups is 1. The van der Waals surface area contributed by atoms with Crippen LogP contribution in [-0.4, -0.2) is 225 Å². The lowest BCUT2D eigenvalue weighted by molar-refractivity contribution is -0.352. The fourth-order valence-electron chi connectivity index (χ4n) is 8.61. The third-order valence-corrected chi connectivity index (χ3v) is 11.1. The van der Waals surface area contributed by atoms with E-state index in [4.69, 9.17) is 56.8 Å². The van der Waals surface area contributed by atoms with E-state index in [1.165, 1.54) is 0 Å². The summed E-state index contributed by atoms with van der Waals surface area (Å²) in [6.45, 7) is 7.73. The molecule has 0 unspecified atom stereocenters. The fourth-order valence-corrected chi connectivity index (χ4v) is 8.61. The van der Waals surface area contributed by atoms with E-state index in [1.807, 2.05) is 0 Å². The van der Waals surface area contributed by atoms with Crippen molar-refractivity contribution in [3.63, 3.8) is 0 Å². The first-order valence-corrected chi connectivity index (χ1v) is 22.4. The summed E-state index contributed by atoms with van der Waals surface area (Å²) in [4.78, 5) is 165. The van der Waals surface area contributed by atoms with E-state index in [0.717, 1.165) is 62.3 Å². The smallest absolute Gasteiger partial charge is 0.337 e. The lowest BCUT2D eigenvalue weighted by atomic mass is 9.92. The molecule has 4 fully saturated rings. The number of hydrogen-bond acceptors (Lipinski definition) is 26. The quantitative estimate of drug-likeness (QED) is 0.0429. The Hall–Kier alpha value is -7.21. The monoisotopic (exact) mass is 1100 g/mol. The van der Waals surface area contributed by atoms with Crippen LogP contribution in [0.2, 0.25) is 0 Å². The average Bonchev–Trinajstić information content (AvgIpc) is 3.26. The maximum absolute atomic E-state index is 13.3. The minimum Gasteiger partial charge on any atom is -0.479 e. The molecule has 424 valence electrons. The molecule has 0 radical (unpaired) electrons. The van der Waals surface area contributed by atoms with Crippen molar-refractivity contribution in [3.05, 3.63) is 0 Å². The zero-order chi connectivity index (χ0) is 57.4. The van der Waals surface area contributed by atoms with E-state index in [9.17, 15) is 87.9 Å². The first-order chi connectivity index (χ1) is 35.3. The van der Waals surface area contributed by atoms with E-state index in [0.29, 0.717) is 0 Å².